The van der Waals surface area contributed by atoms with E-state index in [1.807, 2.05) is 30.3 Å². The van der Waals surface area contributed by atoms with Crippen LogP contribution in [-0.2, 0) is 25.1 Å². The quantitative estimate of drug-likeness (QED) is 0.721. The second kappa shape index (κ2) is 6.02. The van der Waals surface area contributed by atoms with E-state index in [-0.39, 0.29) is 11.7 Å². The van der Waals surface area contributed by atoms with Gasteiger partial charge in [-0.15, -0.1) is 0 Å². The monoisotopic (exact) mass is 402 g/mol. The first-order valence-electron chi connectivity index (χ1n) is 9.00. The van der Waals surface area contributed by atoms with Gasteiger partial charge < -0.3 is 4.74 Å². The van der Waals surface area contributed by atoms with Crippen LogP contribution in [-0.4, -0.2) is 43.4 Å². The summed E-state index contributed by atoms with van der Waals surface area (Å²) < 4.78 is 32.2. The van der Waals surface area contributed by atoms with Crippen molar-refractivity contribution in [2.75, 3.05) is 12.0 Å². The predicted octanol–water partition coefficient (Wildman–Crippen LogP) is 2.46. The van der Waals surface area contributed by atoms with Crippen LogP contribution in [0.5, 0.6) is 0 Å². The number of carbonyl (C=O) groups excluding carboxylic acids is 2. The number of hydrogen-bond donors (Lipinski definition) is 0. The zero-order valence-electron chi connectivity index (χ0n) is 16.2. The molecular weight excluding hydrogens is 380 g/mol. The molecule has 0 radical (unpaired) electrons. The third kappa shape index (κ3) is 2.55. The summed E-state index contributed by atoms with van der Waals surface area (Å²) in [6.07, 6.45) is 0.551. The molecule has 2 aliphatic heterocycles. The van der Waals surface area contributed by atoms with Crippen molar-refractivity contribution in [1.29, 1.82) is 0 Å². The SMILES string of the molecule is CO[C@H]1C(=O)N2c3c(cn(C(=O)C(C)(C)C)c3-c3ccccc3)CS(=O)(=O)[C@H]12. The van der Waals surface area contributed by atoms with Crippen molar-refractivity contribution in [1.82, 2.24) is 4.57 Å². The minimum Gasteiger partial charge on any atom is -0.368 e. The number of methoxy groups -OCH3 is 1. The molecule has 148 valence electrons. The van der Waals surface area contributed by atoms with Crippen LogP contribution in [0.3, 0.4) is 0 Å². The number of nitrogens with zero attached hydrogens (tertiary/aromatic N) is 2. The average Bonchev–Trinajstić information content (AvgIpc) is 2.97. The topological polar surface area (TPSA) is 85.7 Å². The normalized spacial score (nSPS) is 23.0. The molecule has 3 heterocycles. The number of carbonyl (C=O) groups is 2. The van der Waals surface area contributed by atoms with Gasteiger partial charge in [0.15, 0.2) is 21.3 Å². The highest BCUT2D eigenvalue weighted by atomic mass is 32.2. The van der Waals surface area contributed by atoms with Crippen LogP contribution in [0.4, 0.5) is 5.69 Å². The number of sulfone groups is 1. The molecular formula is C20H22N2O5S. The van der Waals surface area contributed by atoms with E-state index in [1.54, 1.807) is 27.0 Å². The van der Waals surface area contributed by atoms with E-state index >= 15 is 0 Å². The summed E-state index contributed by atoms with van der Waals surface area (Å²) in [5, 5.41) is -1.06. The van der Waals surface area contributed by atoms with Crippen LogP contribution in [0.1, 0.15) is 31.1 Å². The van der Waals surface area contributed by atoms with E-state index < -0.39 is 32.6 Å². The first kappa shape index (κ1) is 18.9. The fourth-order valence-corrected chi connectivity index (χ4v) is 5.81. The molecule has 0 aliphatic carbocycles. The third-order valence-electron chi connectivity index (χ3n) is 5.18. The van der Waals surface area contributed by atoms with Crippen LogP contribution in [0.2, 0.25) is 0 Å². The number of β-lactam (4-membered cyclic amide) rings is 1. The van der Waals surface area contributed by atoms with E-state index in [0.29, 0.717) is 16.9 Å². The number of ether oxygens (including phenoxy) is 1. The zero-order valence-corrected chi connectivity index (χ0v) is 17.0. The van der Waals surface area contributed by atoms with Crippen molar-refractivity contribution in [3.05, 3.63) is 42.1 Å². The summed E-state index contributed by atoms with van der Waals surface area (Å²) in [6.45, 7) is 5.41. The van der Waals surface area contributed by atoms with E-state index in [1.165, 1.54) is 16.6 Å². The van der Waals surface area contributed by atoms with E-state index in [9.17, 15) is 18.0 Å². The Morgan fingerprint density at radius 3 is 2.39 bits per heavy atom. The second-order valence-electron chi connectivity index (χ2n) is 8.21. The Morgan fingerprint density at radius 2 is 1.82 bits per heavy atom. The number of rotatable bonds is 2. The molecule has 1 amide bonds. The summed E-state index contributed by atoms with van der Waals surface area (Å²) in [7, 11) is -2.29. The van der Waals surface area contributed by atoms with Crippen molar-refractivity contribution in [3.8, 4) is 11.3 Å². The summed E-state index contributed by atoms with van der Waals surface area (Å²) in [5.74, 6) is -0.818. The summed E-state index contributed by atoms with van der Waals surface area (Å²) >= 11 is 0. The zero-order chi connectivity index (χ0) is 20.4. The minimum absolute atomic E-state index is 0.175. The Hall–Kier alpha value is -2.45. The summed E-state index contributed by atoms with van der Waals surface area (Å²) in [4.78, 5) is 27.1. The lowest BCUT2D eigenvalue weighted by atomic mass is 9.95. The second-order valence-corrected chi connectivity index (χ2v) is 10.3. The van der Waals surface area contributed by atoms with Gasteiger partial charge in [-0.25, -0.2) is 8.42 Å². The number of fused-ring (bicyclic) bond motifs is 3. The van der Waals surface area contributed by atoms with Crippen LogP contribution in [0.25, 0.3) is 11.3 Å². The fourth-order valence-electron chi connectivity index (χ4n) is 3.86. The highest BCUT2D eigenvalue weighted by Crippen LogP contribution is 2.48. The van der Waals surface area contributed by atoms with E-state index in [0.717, 1.165) is 5.56 Å². The highest BCUT2D eigenvalue weighted by molar-refractivity contribution is 7.91. The molecule has 4 rings (SSSR count). The van der Waals surface area contributed by atoms with Crippen molar-refractivity contribution in [2.24, 2.45) is 5.41 Å². The maximum atomic E-state index is 13.1. The van der Waals surface area contributed by atoms with Gasteiger partial charge in [-0.1, -0.05) is 51.1 Å². The molecule has 0 unspecified atom stereocenters. The van der Waals surface area contributed by atoms with Crippen molar-refractivity contribution < 1.29 is 22.7 Å². The molecule has 1 aromatic heterocycles. The fraction of sp³-hybridized carbons (Fsp3) is 0.400. The van der Waals surface area contributed by atoms with Gasteiger partial charge in [0.2, 0.25) is 5.91 Å². The maximum absolute atomic E-state index is 13.1. The van der Waals surface area contributed by atoms with Crippen molar-refractivity contribution in [2.45, 2.75) is 38.0 Å². The Labute approximate surface area is 163 Å². The Morgan fingerprint density at radius 1 is 1.18 bits per heavy atom. The van der Waals surface area contributed by atoms with Gasteiger partial charge in [0.25, 0.3) is 5.91 Å². The smallest absolute Gasteiger partial charge is 0.260 e. The molecule has 8 heteroatoms. The molecule has 0 N–H and O–H groups in total. The Bertz CT molecular complexity index is 1080. The van der Waals surface area contributed by atoms with Gasteiger partial charge in [0.05, 0.1) is 17.1 Å². The molecule has 28 heavy (non-hydrogen) atoms. The third-order valence-corrected chi connectivity index (χ3v) is 7.08. The number of aromatic nitrogens is 1. The van der Waals surface area contributed by atoms with Gasteiger partial charge >= 0.3 is 0 Å². The molecule has 0 spiro atoms. The minimum atomic E-state index is -3.62. The largest absolute Gasteiger partial charge is 0.368 e. The lowest BCUT2D eigenvalue weighted by Gasteiger charge is -2.47. The van der Waals surface area contributed by atoms with Crippen LogP contribution in [0.15, 0.2) is 36.5 Å². The lowest BCUT2D eigenvalue weighted by Crippen LogP contribution is -2.70. The molecule has 7 nitrogen and oxygen atoms in total. The van der Waals surface area contributed by atoms with Gasteiger partial charge in [0, 0.05) is 29.8 Å². The Balaban J connectivity index is 2.00. The van der Waals surface area contributed by atoms with Crippen molar-refractivity contribution in [3.63, 3.8) is 0 Å². The molecule has 0 saturated carbocycles. The molecule has 1 aromatic carbocycles. The molecule has 1 fully saturated rings. The molecule has 2 aromatic rings. The highest BCUT2D eigenvalue weighted by Gasteiger charge is 2.59. The number of hydrogen-bond acceptors (Lipinski definition) is 5. The predicted molar refractivity (Wildman–Crippen MR) is 105 cm³/mol. The summed E-state index contributed by atoms with van der Waals surface area (Å²) in [6, 6.07) is 9.23. The molecule has 1 saturated heterocycles. The maximum Gasteiger partial charge on any atom is 0.260 e. The molecule has 2 aliphatic rings. The van der Waals surface area contributed by atoms with E-state index in [2.05, 4.69) is 0 Å². The summed E-state index contributed by atoms with van der Waals surface area (Å²) in [5.41, 5.74) is 1.54. The number of anilines is 1. The standard InChI is InChI=1S/C20H22N2O5S/c1-20(2,3)19(24)21-10-13-11-28(25,26)18-16(27-4)17(23)22(18)15(13)14(21)12-8-6-5-7-9-12/h5-10,16,18H,11H2,1-4H3/t16-,18+/m0/s1. The molecule has 0 bridgehead atoms. The number of benzene rings is 1. The number of amides is 1. The lowest BCUT2D eigenvalue weighted by molar-refractivity contribution is -0.136. The van der Waals surface area contributed by atoms with Crippen LogP contribution in [0, 0.1) is 5.41 Å². The molecule has 2 atom stereocenters. The van der Waals surface area contributed by atoms with Crippen molar-refractivity contribution >= 4 is 27.3 Å². The average molecular weight is 402 g/mol. The van der Waals surface area contributed by atoms with Gasteiger partial charge in [-0.3, -0.25) is 19.1 Å². The van der Waals surface area contributed by atoms with E-state index in [4.69, 9.17) is 4.74 Å². The van der Waals surface area contributed by atoms with Gasteiger partial charge in [-0.2, -0.15) is 0 Å². The first-order chi connectivity index (χ1) is 13.1. The van der Waals surface area contributed by atoms with Crippen LogP contribution >= 0.6 is 0 Å². The van der Waals surface area contributed by atoms with Gasteiger partial charge in [-0.05, 0) is 0 Å². The van der Waals surface area contributed by atoms with Crippen LogP contribution < -0.4 is 4.90 Å². The Kier molecular flexibility index (Phi) is 4.06. The van der Waals surface area contributed by atoms with Gasteiger partial charge in [0.1, 0.15) is 0 Å². The first-order valence-corrected chi connectivity index (χ1v) is 10.7.